The Labute approximate surface area is 420 Å². The second kappa shape index (κ2) is 19.1. The molecule has 6 aromatic carbocycles. The Morgan fingerprint density at radius 2 is 1.01 bits per heavy atom. The Bertz CT molecular complexity index is 3020. The van der Waals surface area contributed by atoms with E-state index in [9.17, 15) is 9.59 Å². The molecule has 0 aliphatic carbocycles. The van der Waals surface area contributed by atoms with Crippen LogP contribution in [-0.2, 0) is 57.9 Å². The highest BCUT2D eigenvalue weighted by atomic mass is 16.6. The highest BCUT2D eigenvalue weighted by Gasteiger charge is 2.75. The minimum absolute atomic E-state index is 0.000789. The Morgan fingerprint density at radius 1 is 0.569 bits per heavy atom. The van der Waals surface area contributed by atoms with E-state index in [2.05, 4.69) is 12.1 Å². The molecule has 4 atom stereocenters. The predicted octanol–water partition coefficient (Wildman–Crippen LogP) is 9.78. The summed E-state index contributed by atoms with van der Waals surface area (Å²) in [6.45, 7) is 13.3. The lowest BCUT2D eigenvalue weighted by molar-refractivity contribution is -0.195. The van der Waals surface area contributed by atoms with Crippen LogP contribution in [-0.4, -0.2) is 110 Å². The summed E-state index contributed by atoms with van der Waals surface area (Å²) in [4.78, 5) is 98.4. The van der Waals surface area contributed by atoms with Gasteiger partial charge in [0.2, 0.25) is 0 Å². The second-order valence-electron chi connectivity index (χ2n) is 21.8. The highest BCUT2D eigenvalue weighted by Crippen LogP contribution is 2.51. The summed E-state index contributed by atoms with van der Waals surface area (Å²) in [6, 6.07) is 33.0. The first-order valence-corrected chi connectivity index (χ1v) is 24.9. The number of rotatable bonds is 11. The van der Waals surface area contributed by atoms with Crippen LogP contribution in [0.4, 0.5) is 9.59 Å². The number of likely N-dealkylation sites (tertiary alicyclic amines) is 2. The Morgan fingerprint density at radius 3 is 1.50 bits per heavy atom. The van der Waals surface area contributed by atoms with E-state index in [1.165, 1.54) is 19.6 Å². The smallest absolute Gasteiger partial charge is 0.410 e. The van der Waals surface area contributed by atoms with Crippen molar-refractivity contribution in [2.24, 2.45) is 5.92 Å². The molecule has 0 bridgehead atoms. The molecule has 0 unspecified atom stereocenters. The average molecular weight is 977 g/mol. The van der Waals surface area contributed by atoms with Crippen molar-refractivity contribution in [3.8, 4) is 0 Å². The third kappa shape index (κ3) is 9.04. The van der Waals surface area contributed by atoms with E-state index in [0.717, 1.165) is 32.3 Å². The Hall–Kier alpha value is -7.22. The molecule has 376 valence electrons. The van der Waals surface area contributed by atoms with Gasteiger partial charge in [-0.1, -0.05) is 129 Å². The lowest BCUT2D eigenvalue weighted by Crippen LogP contribution is -2.82. The molecule has 3 aliphatic rings. The van der Waals surface area contributed by atoms with Gasteiger partial charge in [0, 0.05) is 39.0 Å². The van der Waals surface area contributed by atoms with Gasteiger partial charge in [0.05, 0.1) is 0 Å². The molecule has 0 N–H and O–H groups in total. The molecule has 0 radical (unpaired) electrons. The van der Waals surface area contributed by atoms with Crippen LogP contribution in [0.2, 0.25) is 0 Å². The topological polar surface area (TPSA) is 152 Å². The maximum absolute atomic E-state index is 16.9. The summed E-state index contributed by atoms with van der Waals surface area (Å²) < 4.78 is 24.1. The van der Waals surface area contributed by atoms with Crippen LogP contribution in [0.5, 0.6) is 0 Å². The van der Waals surface area contributed by atoms with Crippen molar-refractivity contribution in [1.82, 2.24) is 19.6 Å². The first kappa shape index (κ1) is 49.7. The van der Waals surface area contributed by atoms with Gasteiger partial charge in [-0.3, -0.25) is 19.4 Å². The SMILES string of the molecule is CC(C)CCN1C(=O)[C@]2(CCN(C(=O)OCc3ccccc3)[C@H]2C(=O)OC(C)(C)C)N(Cc2ccc3ccc4cccc5ccc2c3c45)C(=O)[C@]12CCN(C(=O)OCc1ccccc1)[C@H]2C(=O)OC(C)(C)C. The van der Waals surface area contributed by atoms with Gasteiger partial charge in [0.1, 0.15) is 24.4 Å². The van der Waals surface area contributed by atoms with E-state index >= 15 is 19.2 Å². The molecule has 3 saturated heterocycles. The third-order valence-corrected chi connectivity index (χ3v) is 14.2. The summed E-state index contributed by atoms with van der Waals surface area (Å²) in [5, 5.41) is 5.83. The quantitative estimate of drug-likeness (QED) is 0.0697. The highest BCUT2D eigenvalue weighted by molar-refractivity contribution is 6.23. The van der Waals surface area contributed by atoms with E-state index < -0.39 is 70.3 Å². The number of esters is 2. The van der Waals surface area contributed by atoms with E-state index in [-0.39, 0.29) is 58.2 Å². The zero-order valence-corrected chi connectivity index (χ0v) is 42.4. The molecule has 14 heteroatoms. The number of ether oxygens (including phenoxy) is 4. The van der Waals surface area contributed by atoms with Crippen LogP contribution in [0, 0.1) is 5.92 Å². The first-order valence-electron chi connectivity index (χ1n) is 24.9. The maximum atomic E-state index is 16.9. The summed E-state index contributed by atoms with van der Waals surface area (Å²) in [5.74, 6) is -3.15. The van der Waals surface area contributed by atoms with Gasteiger partial charge in [-0.2, -0.15) is 0 Å². The summed E-state index contributed by atoms with van der Waals surface area (Å²) >= 11 is 0. The zero-order valence-electron chi connectivity index (χ0n) is 42.4. The average Bonchev–Trinajstić information content (AvgIpc) is 3.94. The fourth-order valence-corrected chi connectivity index (χ4v) is 11.1. The molecule has 72 heavy (non-hydrogen) atoms. The minimum atomic E-state index is -2.10. The molecule has 3 aliphatic heterocycles. The van der Waals surface area contributed by atoms with Crippen LogP contribution in [0.3, 0.4) is 0 Å². The van der Waals surface area contributed by atoms with E-state index in [0.29, 0.717) is 23.1 Å². The van der Waals surface area contributed by atoms with Gasteiger partial charge in [-0.15, -0.1) is 0 Å². The molecule has 9 rings (SSSR count). The van der Waals surface area contributed by atoms with Crippen molar-refractivity contribution in [2.45, 2.75) is 129 Å². The number of amides is 4. The Balaban J connectivity index is 1.25. The zero-order chi connectivity index (χ0) is 51.3. The molecule has 4 amide bonds. The van der Waals surface area contributed by atoms with Crippen molar-refractivity contribution < 1.29 is 47.7 Å². The molecule has 3 heterocycles. The number of piperazine rings is 1. The molecular weight excluding hydrogens is 913 g/mol. The van der Waals surface area contributed by atoms with Crippen LogP contribution in [0.15, 0.2) is 115 Å². The van der Waals surface area contributed by atoms with Crippen LogP contribution in [0.25, 0.3) is 32.3 Å². The minimum Gasteiger partial charge on any atom is -0.458 e. The van der Waals surface area contributed by atoms with Crippen molar-refractivity contribution >= 4 is 68.3 Å². The van der Waals surface area contributed by atoms with Crippen LogP contribution >= 0.6 is 0 Å². The van der Waals surface area contributed by atoms with Crippen molar-refractivity contribution in [2.75, 3.05) is 19.6 Å². The van der Waals surface area contributed by atoms with Crippen molar-refractivity contribution in [3.63, 3.8) is 0 Å². The molecule has 14 nitrogen and oxygen atoms in total. The maximum Gasteiger partial charge on any atom is 0.410 e. The Kier molecular flexibility index (Phi) is 13.2. The van der Waals surface area contributed by atoms with Gasteiger partial charge < -0.3 is 28.7 Å². The molecule has 3 fully saturated rings. The number of hydrogen-bond acceptors (Lipinski definition) is 10. The fraction of sp³-hybridized carbons (Fsp3) is 0.414. The van der Waals surface area contributed by atoms with Crippen LogP contribution in [0.1, 0.15) is 91.3 Å². The molecule has 2 spiro atoms. The van der Waals surface area contributed by atoms with Crippen molar-refractivity contribution in [1.29, 1.82) is 0 Å². The summed E-state index contributed by atoms with van der Waals surface area (Å²) in [6.07, 6.45) is -1.70. The van der Waals surface area contributed by atoms with E-state index in [1.54, 1.807) is 65.8 Å². The number of carbonyl (C=O) groups is 6. The normalized spacial score (nSPS) is 21.5. The number of nitrogens with zero attached hydrogens (tertiary/aromatic N) is 4. The molecule has 6 aromatic rings. The van der Waals surface area contributed by atoms with Gasteiger partial charge in [-0.25, -0.2) is 19.2 Å². The van der Waals surface area contributed by atoms with Gasteiger partial charge >= 0.3 is 24.1 Å². The third-order valence-electron chi connectivity index (χ3n) is 14.2. The van der Waals surface area contributed by atoms with E-state index in [4.69, 9.17) is 18.9 Å². The van der Waals surface area contributed by atoms with Gasteiger partial charge in [0.15, 0.2) is 23.2 Å². The standard InChI is InChI=1S/C58H64N4O10/c1-37(2)28-31-61-51(65)58(30-33-60(48(58)50(64)72-56(6,7)8)54(68)70-36-39-18-13-10-14-19-39)62(34-43-25-24-42-23-22-40-20-15-21-41-26-27-44(43)46(42)45(40)41)52(66)57(61)29-32-59(47(57)49(63)71-55(3,4)5)53(67)69-35-38-16-11-9-12-17-38/h9-27,37,47-48H,28-36H2,1-8H3/t47-,48-,57+,58+/m0/s1. The monoisotopic (exact) mass is 976 g/mol. The molecular formula is C58H64N4O10. The first-order chi connectivity index (χ1) is 34.2. The lowest BCUT2D eigenvalue weighted by Gasteiger charge is -2.58. The van der Waals surface area contributed by atoms with E-state index in [1.807, 2.05) is 92.7 Å². The fourth-order valence-electron chi connectivity index (χ4n) is 11.1. The summed E-state index contributed by atoms with van der Waals surface area (Å²) in [5.41, 5.74) is -4.26. The molecule has 0 saturated carbocycles. The number of hydrogen-bond donors (Lipinski definition) is 0. The van der Waals surface area contributed by atoms with Crippen molar-refractivity contribution in [3.05, 3.63) is 132 Å². The largest absolute Gasteiger partial charge is 0.458 e. The van der Waals surface area contributed by atoms with Gasteiger partial charge in [0.25, 0.3) is 11.8 Å². The second-order valence-corrected chi connectivity index (χ2v) is 21.8. The predicted molar refractivity (Wildman–Crippen MR) is 272 cm³/mol. The van der Waals surface area contributed by atoms with Crippen LogP contribution < -0.4 is 0 Å². The van der Waals surface area contributed by atoms with Gasteiger partial charge in [-0.05, 0) is 103 Å². The molecule has 0 aromatic heterocycles. The number of benzene rings is 6. The summed E-state index contributed by atoms with van der Waals surface area (Å²) in [7, 11) is 0. The number of carbonyl (C=O) groups excluding carboxylic acids is 6. The lowest BCUT2D eigenvalue weighted by atomic mass is 9.74.